The van der Waals surface area contributed by atoms with Gasteiger partial charge in [0.05, 0.1) is 5.56 Å². The predicted molar refractivity (Wildman–Crippen MR) is 59.2 cm³/mol. The van der Waals surface area contributed by atoms with Gasteiger partial charge < -0.3 is 10.5 Å². The summed E-state index contributed by atoms with van der Waals surface area (Å²) in [4.78, 5) is 15.0. The first-order valence-corrected chi connectivity index (χ1v) is 4.97. The van der Waals surface area contributed by atoms with Crippen LogP contribution in [0.25, 0.3) is 0 Å². The van der Waals surface area contributed by atoms with Gasteiger partial charge in [-0.05, 0) is 12.1 Å². The van der Waals surface area contributed by atoms with Gasteiger partial charge in [-0.25, -0.2) is 9.78 Å². The molecule has 0 spiro atoms. The van der Waals surface area contributed by atoms with Gasteiger partial charge in [0, 0.05) is 6.20 Å². The maximum Gasteiger partial charge on any atom is 0.339 e. The number of carbonyl (C=O) groups is 1. The minimum Gasteiger partial charge on any atom is -0.457 e. The first kappa shape index (κ1) is 12.4. The van der Waals surface area contributed by atoms with Crippen molar-refractivity contribution in [3.05, 3.63) is 23.9 Å². The first-order valence-electron chi connectivity index (χ1n) is 3.84. The minimum absolute atomic E-state index is 0.249. The maximum absolute atomic E-state index is 11.3. The number of carbonyl (C=O) groups excluding carboxylic acids is 1. The van der Waals surface area contributed by atoms with E-state index in [-0.39, 0.29) is 12.2 Å². The second-order valence-electron chi connectivity index (χ2n) is 2.66. The Balaban J connectivity index is 2.58. The highest BCUT2D eigenvalue weighted by molar-refractivity contribution is 6.67. The van der Waals surface area contributed by atoms with Gasteiger partial charge in [-0.2, -0.15) is 0 Å². The number of ether oxygens (including phenoxy) is 1. The maximum atomic E-state index is 11.3. The third-order valence-corrected chi connectivity index (χ3v) is 1.72. The molecule has 4 nitrogen and oxygen atoms in total. The number of alkyl halides is 3. The van der Waals surface area contributed by atoms with Crippen LogP contribution >= 0.6 is 34.8 Å². The van der Waals surface area contributed by atoms with E-state index in [1.54, 1.807) is 0 Å². The van der Waals surface area contributed by atoms with Gasteiger partial charge in [-0.3, -0.25) is 0 Å². The Hall–Kier alpha value is -0.710. The summed E-state index contributed by atoms with van der Waals surface area (Å²) in [5.41, 5.74) is 5.59. The molecule has 0 bridgehead atoms. The molecule has 0 radical (unpaired) electrons. The summed E-state index contributed by atoms with van der Waals surface area (Å²) in [6.45, 7) is -0.319. The number of nitrogens with zero attached hydrogens (tertiary/aromatic N) is 1. The third kappa shape index (κ3) is 4.55. The lowest BCUT2D eigenvalue weighted by Gasteiger charge is -2.10. The van der Waals surface area contributed by atoms with Crippen LogP contribution < -0.4 is 5.73 Å². The average molecular weight is 270 g/mol. The highest BCUT2D eigenvalue weighted by atomic mass is 35.6. The molecule has 0 saturated heterocycles. The van der Waals surface area contributed by atoms with Crippen LogP contribution in [0, 0.1) is 0 Å². The molecule has 0 aromatic carbocycles. The van der Waals surface area contributed by atoms with Crippen LogP contribution in [0.3, 0.4) is 0 Å². The summed E-state index contributed by atoms with van der Waals surface area (Å²) >= 11 is 16.2. The van der Waals surface area contributed by atoms with E-state index in [4.69, 9.17) is 45.3 Å². The largest absolute Gasteiger partial charge is 0.457 e. The molecular weight excluding hydrogens is 262 g/mol. The topological polar surface area (TPSA) is 65.2 Å². The van der Waals surface area contributed by atoms with Crippen LogP contribution in [0.5, 0.6) is 0 Å². The molecule has 0 saturated carbocycles. The van der Waals surface area contributed by atoms with Crippen molar-refractivity contribution >= 4 is 46.6 Å². The quantitative estimate of drug-likeness (QED) is 0.660. The molecule has 2 N–H and O–H groups in total. The predicted octanol–water partition coefficient (Wildman–Crippen LogP) is 2.19. The number of hydrogen-bond acceptors (Lipinski definition) is 4. The van der Waals surface area contributed by atoms with Gasteiger partial charge in [-0.1, -0.05) is 34.8 Å². The summed E-state index contributed by atoms with van der Waals surface area (Å²) in [6.07, 6.45) is 1.29. The van der Waals surface area contributed by atoms with Crippen LogP contribution in [-0.4, -0.2) is 21.4 Å². The molecule has 1 rings (SSSR count). The number of anilines is 1. The average Bonchev–Trinajstić information content (AvgIpc) is 2.14. The number of esters is 1. The monoisotopic (exact) mass is 268 g/mol. The lowest BCUT2D eigenvalue weighted by atomic mass is 10.3. The van der Waals surface area contributed by atoms with Crippen molar-refractivity contribution in [3.63, 3.8) is 0 Å². The molecule has 0 aliphatic heterocycles. The SMILES string of the molecule is Nc1ccc(C(=O)OCC(Cl)(Cl)Cl)cn1. The van der Waals surface area contributed by atoms with E-state index >= 15 is 0 Å². The van der Waals surface area contributed by atoms with Gasteiger partial charge in [-0.15, -0.1) is 0 Å². The lowest BCUT2D eigenvalue weighted by Crippen LogP contribution is -2.17. The zero-order chi connectivity index (χ0) is 11.5. The van der Waals surface area contributed by atoms with Crippen molar-refractivity contribution in [3.8, 4) is 0 Å². The van der Waals surface area contributed by atoms with E-state index in [1.807, 2.05) is 0 Å². The molecule has 15 heavy (non-hydrogen) atoms. The van der Waals surface area contributed by atoms with Crippen LogP contribution in [0.2, 0.25) is 0 Å². The summed E-state index contributed by atoms with van der Waals surface area (Å²) in [6, 6.07) is 2.95. The van der Waals surface area contributed by atoms with Crippen molar-refractivity contribution in [2.45, 2.75) is 3.79 Å². The van der Waals surface area contributed by atoms with Crippen LogP contribution in [0.1, 0.15) is 10.4 Å². The van der Waals surface area contributed by atoms with Gasteiger partial charge in [0.1, 0.15) is 12.4 Å². The summed E-state index contributed by atoms with van der Waals surface area (Å²) in [5.74, 6) is -0.304. The fourth-order valence-electron chi connectivity index (χ4n) is 0.757. The van der Waals surface area contributed by atoms with Crippen LogP contribution in [-0.2, 0) is 4.74 Å². The molecule has 0 unspecified atom stereocenters. The number of rotatable bonds is 2. The molecule has 0 fully saturated rings. The zero-order valence-electron chi connectivity index (χ0n) is 7.41. The summed E-state index contributed by atoms with van der Waals surface area (Å²) in [5, 5.41) is 0. The van der Waals surface area contributed by atoms with Crippen LogP contribution in [0.15, 0.2) is 18.3 Å². The Kier molecular flexibility index (Phi) is 4.02. The van der Waals surface area contributed by atoms with Crippen LogP contribution in [0.4, 0.5) is 5.82 Å². The number of nitrogens with two attached hydrogens (primary N) is 1. The van der Waals surface area contributed by atoms with E-state index in [1.165, 1.54) is 18.3 Å². The molecule has 0 aliphatic rings. The lowest BCUT2D eigenvalue weighted by molar-refractivity contribution is 0.0511. The molecule has 1 aromatic rings. The van der Waals surface area contributed by atoms with Gasteiger partial charge in [0.25, 0.3) is 0 Å². The number of pyridine rings is 1. The van der Waals surface area contributed by atoms with E-state index in [0.29, 0.717) is 5.82 Å². The molecule has 7 heteroatoms. The Morgan fingerprint density at radius 2 is 2.13 bits per heavy atom. The fraction of sp³-hybridized carbons (Fsp3) is 0.250. The fourth-order valence-corrected chi connectivity index (χ4v) is 0.920. The number of aromatic nitrogens is 1. The summed E-state index contributed by atoms with van der Waals surface area (Å²) < 4.78 is 3.10. The van der Waals surface area contributed by atoms with Crippen molar-refractivity contribution < 1.29 is 9.53 Å². The van der Waals surface area contributed by atoms with E-state index < -0.39 is 9.76 Å². The standard InChI is InChI=1S/C8H7Cl3N2O2/c9-8(10,11)4-15-7(14)5-1-2-6(12)13-3-5/h1-3H,4H2,(H2,12,13). The highest BCUT2D eigenvalue weighted by Gasteiger charge is 2.22. The molecular formula is C8H7Cl3N2O2. The van der Waals surface area contributed by atoms with Gasteiger partial charge >= 0.3 is 5.97 Å². The van der Waals surface area contributed by atoms with E-state index in [2.05, 4.69) is 4.98 Å². The normalized spacial score (nSPS) is 11.1. The van der Waals surface area contributed by atoms with Crippen molar-refractivity contribution in [2.75, 3.05) is 12.3 Å². The molecule has 1 heterocycles. The third-order valence-electron chi connectivity index (χ3n) is 1.39. The molecule has 0 amide bonds. The molecule has 82 valence electrons. The van der Waals surface area contributed by atoms with Gasteiger partial charge in [0.2, 0.25) is 3.79 Å². The Bertz CT molecular complexity index is 348. The number of halogens is 3. The smallest absolute Gasteiger partial charge is 0.339 e. The van der Waals surface area contributed by atoms with Gasteiger partial charge in [0.15, 0.2) is 0 Å². The second-order valence-corrected chi connectivity index (χ2v) is 5.18. The number of hydrogen-bond donors (Lipinski definition) is 1. The Morgan fingerprint density at radius 1 is 1.47 bits per heavy atom. The second kappa shape index (κ2) is 4.88. The Labute approximate surface area is 101 Å². The van der Waals surface area contributed by atoms with Crippen molar-refractivity contribution in [1.29, 1.82) is 0 Å². The van der Waals surface area contributed by atoms with E-state index in [0.717, 1.165) is 0 Å². The van der Waals surface area contributed by atoms with Crippen molar-refractivity contribution in [2.24, 2.45) is 0 Å². The summed E-state index contributed by atoms with van der Waals surface area (Å²) in [7, 11) is 0. The first-order chi connectivity index (χ1) is 6.88. The van der Waals surface area contributed by atoms with E-state index in [9.17, 15) is 4.79 Å². The van der Waals surface area contributed by atoms with Crippen molar-refractivity contribution in [1.82, 2.24) is 4.98 Å². The Morgan fingerprint density at radius 3 is 2.60 bits per heavy atom. The molecule has 1 aromatic heterocycles. The number of nitrogen functional groups attached to an aromatic ring is 1. The zero-order valence-corrected chi connectivity index (χ0v) is 9.68. The highest BCUT2D eigenvalue weighted by Crippen LogP contribution is 2.26. The minimum atomic E-state index is -1.61. The molecule has 0 aliphatic carbocycles. The molecule has 0 atom stereocenters.